The van der Waals surface area contributed by atoms with E-state index in [9.17, 15) is 14.9 Å². The first-order chi connectivity index (χ1) is 9.99. The minimum atomic E-state index is -1.33. The number of carboxylic acid groups (broad SMARTS) is 1. The fourth-order valence-electron chi connectivity index (χ4n) is 1.94. The van der Waals surface area contributed by atoms with E-state index in [0.717, 1.165) is 5.56 Å². The lowest BCUT2D eigenvalue weighted by Crippen LogP contribution is -2.09. The molecule has 0 aliphatic heterocycles. The van der Waals surface area contributed by atoms with Gasteiger partial charge in [0.05, 0.1) is 4.92 Å². The number of hydrogen-bond acceptors (Lipinski definition) is 5. The molecule has 1 atom stereocenters. The first-order valence-corrected chi connectivity index (χ1v) is 6.17. The van der Waals surface area contributed by atoms with E-state index in [4.69, 9.17) is 5.11 Å². The van der Waals surface area contributed by atoms with E-state index in [0.29, 0.717) is 5.69 Å². The van der Waals surface area contributed by atoms with Crippen LogP contribution in [0.25, 0.3) is 0 Å². The molecule has 0 amide bonds. The summed E-state index contributed by atoms with van der Waals surface area (Å²) in [6, 6.07) is 7.52. The Morgan fingerprint density at radius 3 is 2.57 bits per heavy atom. The second kappa shape index (κ2) is 6.00. The number of carboxylic acids is 1. The molecular formula is C14H13N3O4. The molecule has 1 aromatic carbocycles. The average Bonchev–Trinajstić information content (AvgIpc) is 2.47. The molecule has 1 aromatic heterocycles. The number of aromatic carboxylic acids is 1. The van der Waals surface area contributed by atoms with Gasteiger partial charge in [0, 0.05) is 30.2 Å². The number of benzene rings is 1. The summed E-state index contributed by atoms with van der Waals surface area (Å²) < 4.78 is 0. The maximum atomic E-state index is 11.1. The summed E-state index contributed by atoms with van der Waals surface area (Å²) in [5, 5.41) is 23.0. The van der Waals surface area contributed by atoms with E-state index in [1.165, 1.54) is 18.2 Å². The van der Waals surface area contributed by atoms with Crippen LogP contribution in [-0.2, 0) is 0 Å². The molecule has 0 spiro atoms. The van der Waals surface area contributed by atoms with Gasteiger partial charge in [-0.2, -0.15) is 0 Å². The number of nitro benzene ring substituents is 1. The molecule has 0 aliphatic carbocycles. The number of nitro groups is 1. The molecule has 0 saturated carbocycles. The monoisotopic (exact) mass is 287 g/mol. The smallest absolute Gasteiger partial charge is 0.342 e. The Hall–Kier alpha value is -2.96. The Labute approximate surface area is 120 Å². The topological polar surface area (TPSA) is 105 Å². The zero-order valence-electron chi connectivity index (χ0n) is 11.2. The van der Waals surface area contributed by atoms with Crippen LogP contribution >= 0.6 is 0 Å². The third-order valence-corrected chi connectivity index (χ3v) is 3.01. The Kier molecular flexibility index (Phi) is 4.13. The number of nitrogens with zero attached hydrogens (tertiary/aromatic N) is 2. The van der Waals surface area contributed by atoms with Crippen LogP contribution in [0.3, 0.4) is 0 Å². The minimum Gasteiger partial charge on any atom is -0.477 e. The number of pyridine rings is 1. The van der Waals surface area contributed by atoms with Gasteiger partial charge in [-0.05, 0) is 36.8 Å². The first kappa shape index (κ1) is 14.4. The quantitative estimate of drug-likeness (QED) is 0.647. The number of hydrogen-bond donors (Lipinski definition) is 2. The van der Waals surface area contributed by atoms with E-state index < -0.39 is 16.6 Å². The summed E-state index contributed by atoms with van der Waals surface area (Å²) in [7, 11) is 0. The highest BCUT2D eigenvalue weighted by Gasteiger charge is 2.20. The molecule has 2 N–H and O–H groups in total. The zero-order chi connectivity index (χ0) is 15.4. The van der Waals surface area contributed by atoms with Crippen molar-refractivity contribution < 1.29 is 14.8 Å². The maximum absolute atomic E-state index is 11.1. The second-order valence-electron chi connectivity index (χ2n) is 4.44. The number of nitrogens with one attached hydrogen (secondary N) is 1. The number of anilines is 1. The number of carbonyl (C=O) groups is 1. The summed E-state index contributed by atoms with van der Waals surface area (Å²) >= 11 is 0. The maximum Gasteiger partial charge on any atom is 0.342 e. The van der Waals surface area contributed by atoms with Crippen molar-refractivity contribution in [2.45, 2.75) is 13.0 Å². The highest BCUT2D eigenvalue weighted by atomic mass is 16.6. The Balaban J connectivity index is 2.27. The summed E-state index contributed by atoms with van der Waals surface area (Å²) in [5.74, 6) is -1.33. The van der Waals surface area contributed by atoms with Crippen molar-refractivity contribution in [3.63, 3.8) is 0 Å². The molecule has 1 unspecified atom stereocenters. The summed E-state index contributed by atoms with van der Waals surface area (Å²) in [6.45, 7) is 1.90. The second-order valence-corrected chi connectivity index (χ2v) is 4.44. The molecule has 0 aliphatic rings. The summed E-state index contributed by atoms with van der Waals surface area (Å²) in [6.07, 6.45) is 3.32. The van der Waals surface area contributed by atoms with Crippen LogP contribution in [0, 0.1) is 10.1 Å². The molecule has 7 heteroatoms. The van der Waals surface area contributed by atoms with Crippen molar-refractivity contribution in [2.24, 2.45) is 0 Å². The van der Waals surface area contributed by atoms with Crippen LogP contribution in [0.2, 0.25) is 0 Å². The summed E-state index contributed by atoms with van der Waals surface area (Å²) in [5.41, 5.74) is 0.707. The zero-order valence-corrected chi connectivity index (χ0v) is 11.2. The van der Waals surface area contributed by atoms with Gasteiger partial charge in [-0.3, -0.25) is 15.1 Å². The predicted molar refractivity (Wildman–Crippen MR) is 76.3 cm³/mol. The number of aromatic nitrogens is 1. The van der Waals surface area contributed by atoms with Crippen LogP contribution in [0.5, 0.6) is 0 Å². The molecule has 0 fully saturated rings. The lowest BCUT2D eigenvalue weighted by molar-refractivity contribution is -0.385. The largest absolute Gasteiger partial charge is 0.477 e. The van der Waals surface area contributed by atoms with Gasteiger partial charge in [0.25, 0.3) is 5.69 Å². The van der Waals surface area contributed by atoms with Crippen molar-refractivity contribution in [3.05, 3.63) is 64.0 Å². The predicted octanol–water partition coefficient (Wildman–Crippen LogP) is 2.86. The fourth-order valence-corrected chi connectivity index (χ4v) is 1.94. The third-order valence-electron chi connectivity index (χ3n) is 3.01. The van der Waals surface area contributed by atoms with E-state index >= 15 is 0 Å². The molecule has 2 rings (SSSR count). The fraction of sp³-hybridized carbons (Fsp3) is 0.143. The third kappa shape index (κ3) is 3.33. The lowest BCUT2D eigenvalue weighted by atomic mass is 10.1. The molecule has 21 heavy (non-hydrogen) atoms. The Morgan fingerprint density at radius 2 is 2.00 bits per heavy atom. The van der Waals surface area contributed by atoms with Gasteiger partial charge in [0.1, 0.15) is 5.56 Å². The average molecular weight is 287 g/mol. The molecule has 0 bridgehead atoms. The van der Waals surface area contributed by atoms with Gasteiger partial charge in [0.15, 0.2) is 0 Å². The molecule has 1 heterocycles. The molecular weight excluding hydrogens is 274 g/mol. The Morgan fingerprint density at radius 1 is 1.33 bits per heavy atom. The standard InChI is InChI=1S/C14H13N3O4/c1-9(10-4-6-15-7-5-10)16-11-2-3-13(17(20)21)12(8-11)14(18)19/h2-9,16H,1H3,(H,18,19). The van der Waals surface area contributed by atoms with Crippen molar-refractivity contribution in [2.75, 3.05) is 5.32 Å². The normalized spacial score (nSPS) is 11.7. The van der Waals surface area contributed by atoms with Crippen LogP contribution < -0.4 is 5.32 Å². The van der Waals surface area contributed by atoms with E-state index in [1.54, 1.807) is 12.4 Å². The summed E-state index contributed by atoms with van der Waals surface area (Å²) in [4.78, 5) is 25.1. The Bertz CT molecular complexity index is 673. The van der Waals surface area contributed by atoms with E-state index in [2.05, 4.69) is 10.3 Å². The van der Waals surface area contributed by atoms with Gasteiger partial charge in [-0.25, -0.2) is 4.79 Å². The van der Waals surface area contributed by atoms with Crippen LogP contribution in [0.1, 0.15) is 28.9 Å². The van der Waals surface area contributed by atoms with E-state index in [1.807, 2.05) is 19.1 Å². The molecule has 2 aromatic rings. The van der Waals surface area contributed by atoms with Crippen LogP contribution in [0.4, 0.5) is 11.4 Å². The van der Waals surface area contributed by atoms with E-state index in [-0.39, 0.29) is 11.6 Å². The van der Waals surface area contributed by atoms with Gasteiger partial charge in [-0.1, -0.05) is 0 Å². The van der Waals surface area contributed by atoms with Gasteiger partial charge < -0.3 is 10.4 Å². The molecule has 0 radical (unpaired) electrons. The lowest BCUT2D eigenvalue weighted by Gasteiger charge is -2.15. The highest BCUT2D eigenvalue weighted by Crippen LogP contribution is 2.25. The van der Waals surface area contributed by atoms with Crippen LogP contribution in [0.15, 0.2) is 42.7 Å². The molecule has 108 valence electrons. The van der Waals surface area contributed by atoms with Crippen molar-refractivity contribution in [3.8, 4) is 0 Å². The van der Waals surface area contributed by atoms with Crippen LogP contribution in [-0.4, -0.2) is 21.0 Å². The van der Waals surface area contributed by atoms with Gasteiger partial charge >= 0.3 is 5.97 Å². The van der Waals surface area contributed by atoms with Crippen molar-refractivity contribution in [1.29, 1.82) is 0 Å². The molecule has 0 saturated heterocycles. The van der Waals surface area contributed by atoms with Gasteiger partial charge in [-0.15, -0.1) is 0 Å². The minimum absolute atomic E-state index is 0.0869. The highest BCUT2D eigenvalue weighted by molar-refractivity contribution is 5.93. The van der Waals surface area contributed by atoms with Gasteiger partial charge in [0.2, 0.25) is 0 Å². The SMILES string of the molecule is CC(Nc1ccc([N+](=O)[O-])c(C(=O)O)c1)c1ccncc1. The van der Waals surface area contributed by atoms with Crippen molar-refractivity contribution in [1.82, 2.24) is 4.98 Å². The molecule has 7 nitrogen and oxygen atoms in total. The van der Waals surface area contributed by atoms with Crippen molar-refractivity contribution >= 4 is 17.3 Å². The number of rotatable bonds is 5. The first-order valence-electron chi connectivity index (χ1n) is 6.17.